The van der Waals surface area contributed by atoms with Gasteiger partial charge < -0.3 is 10.6 Å². The largest absolute Gasteiger partial charge is 0.355 e. The van der Waals surface area contributed by atoms with Crippen molar-refractivity contribution in [3.8, 4) is 0 Å². The van der Waals surface area contributed by atoms with Gasteiger partial charge in [0.05, 0.1) is 11.1 Å². The molecule has 3 aromatic rings. The van der Waals surface area contributed by atoms with Gasteiger partial charge in [0.2, 0.25) is 5.91 Å². The minimum atomic E-state index is -0.427. The summed E-state index contributed by atoms with van der Waals surface area (Å²) < 4.78 is 1.33. The highest BCUT2D eigenvalue weighted by Gasteiger charge is 2.15. The lowest BCUT2D eigenvalue weighted by Crippen LogP contribution is -2.30. The number of halogens is 1. The Kier molecular flexibility index (Phi) is 5.04. The van der Waals surface area contributed by atoms with Gasteiger partial charge in [0.15, 0.2) is 0 Å². The maximum Gasteiger partial charge on any atom is 0.252 e. The Morgan fingerprint density at radius 3 is 2.58 bits per heavy atom. The van der Waals surface area contributed by atoms with E-state index in [9.17, 15) is 14.4 Å². The normalized spacial score (nSPS) is 10.5. The number of hydrogen-bond donors (Lipinski definition) is 2. The number of benzene rings is 2. The van der Waals surface area contributed by atoms with E-state index >= 15 is 0 Å². The fourth-order valence-electron chi connectivity index (χ4n) is 2.73. The minimum absolute atomic E-state index is 0.181. The van der Waals surface area contributed by atoms with Crippen LogP contribution in [0.25, 0.3) is 10.9 Å². The number of aromatic nitrogens is 1. The minimum Gasteiger partial charge on any atom is -0.355 e. The third-order valence-corrected chi connectivity index (χ3v) is 4.14. The van der Waals surface area contributed by atoms with Crippen LogP contribution in [-0.2, 0) is 11.3 Å². The van der Waals surface area contributed by atoms with Crippen LogP contribution in [0.1, 0.15) is 10.4 Å². The van der Waals surface area contributed by atoms with Crippen LogP contribution in [0.2, 0.25) is 5.02 Å². The third-order valence-electron chi connectivity index (χ3n) is 3.90. The Labute approximate surface area is 154 Å². The van der Waals surface area contributed by atoms with Gasteiger partial charge in [-0.25, -0.2) is 0 Å². The van der Waals surface area contributed by atoms with Gasteiger partial charge in [-0.2, -0.15) is 0 Å². The van der Waals surface area contributed by atoms with E-state index < -0.39 is 5.56 Å². The molecule has 0 radical (unpaired) electrons. The Balaban J connectivity index is 1.98. The monoisotopic (exact) mass is 369 g/mol. The number of hydrogen-bond acceptors (Lipinski definition) is 3. The quantitative estimate of drug-likeness (QED) is 0.742. The van der Waals surface area contributed by atoms with Gasteiger partial charge in [0.25, 0.3) is 11.5 Å². The second kappa shape index (κ2) is 7.41. The molecule has 6 nitrogen and oxygen atoms in total. The van der Waals surface area contributed by atoms with Crippen molar-refractivity contribution in [3.05, 3.63) is 75.5 Å². The number of para-hydroxylation sites is 1. The van der Waals surface area contributed by atoms with Crippen molar-refractivity contribution in [1.29, 1.82) is 0 Å². The first kappa shape index (κ1) is 17.7. The topological polar surface area (TPSA) is 80.2 Å². The number of nitrogens with one attached hydrogen (secondary N) is 2. The summed E-state index contributed by atoms with van der Waals surface area (Å²) in [6.45, 7) is -0.181. The third kappa shape index (κ3) is 3.60. The van der Waals surface area contributed by atoms with Gasteiger partial charge in [0, 0.05) is 29.2 Å². The molecule has 0 atom stereocenters. The summed E-state index contributed by atoms with van der Waals surface area (Å²) >= 11 is 5.91. The molecular weight excluding hydrogens is 354 g/mol. The second-order valence-corrected chi connectivity index (χ2v) is 6.07. The fraction of sp³-hybridized carbons (Fsp3) is 0.105. The molecule has 0 unspecified atom stereocenters. The average Bonchev–Trinajstić information content (AvgIpc) is 2.63. The van der Waals surface area contributed by atoms with Crippen LogP contribution in [-0.4, -0.2) is 23.4 Å². The maximum atomic E-state index is 12.5. The molecule has 0 aliphatic heterocycles. The van der Waals surface area contributed by atoms with Crippen molar-refractivity contribution < 1.29 is 9.59 Å². The molecule has 0 spiro atoms. The van der Waals surface area contributed by atoms with Crippen LogP contribution >= 0.6 is 11.6 Å². The van der Waals surface area contributed by atoms with Crippen molar-refractivity contribution in [2.75, 3.05) is 12.4 Å². The number of carbonyl (C=O) groups excluding carboxylic acids is 2. The van der Waals surface area contributed by atoms with Gasteiger partial charge in [-0.05, 0) is 24.3 Å². The standard InChI is InChI=1S/C19H16ClN3O3/c1-21-19(26)15-10-18(25)23(16-8-3-2-7-14(15)16)11-17(24)22-13-6-4-5-12(20)9-13/h2-10H,11H2,1H3,(H,21,26)(H,22,24). The van der Waals surface area contributed by atoms with Crippen molar-refractivity contribution in [2.24, 2.45) is 0 Å². The second-order valence-electron chi connectivity index (χ2n) is 5.64. The summed E-state index contributed by atoms with van der Waals surface area (Å²) in [6, 6.07) is 15.0. The number of fused-ring (bicyclic) bond motifs is 1. The molecule has 0 aliphatic rings. The number of anilines is 1. The van der Waals surface area contributed by atoms with Gasteiger partial charge in [0.1, 0.15) is 6.54 Å². The molecule has 0 bridgehead atoms. The highest BCUT2D eigenvalue weighted by Crippen LogP contribution is 2.18. The van der Waals surface area contributed by atoms with Crippen LogP contribution in [0.5, 0.6) is 0 Å². The molecule has 1 heterocycles. The molecule has 7 heteroatoms. The first-order valence-corrected chi connectivity index (χ1v) is 8.27. The number of pyridine rings is 1. The zero-order chi connectivity index (χ0) is 18.7. The molecule has 0 aliphatic carbocycles. The Hall–Kier alpha value is -3.12. The van der Waals surface area contributed by atoms with Crippen LogP contribution in [0.4, 0.5) is 5.69 Å². The zero-order valence-corrected chi connectivity index (χ0v) is 14.7. The Bertz CT molecular complexity index is 1060. The Morgan fingerprint density at radius 1 is 1.08 bits per heavy atom. The van der Waals surface area contributed by atoms with E-state index in [0.29, 0.717) is 21.6 Å². The first-order valence-electron chi connectivity index (χ1n) is 7.89. The van der Waals surface area contributed by atoms with Crippen molar-refractivity contribution >= 4 is 40.0 Å². The molecule has 1 aromatic heterocycles. The molecule has 0 saturated carbocycles. The summed E-state index contributed by atoms with van der Waals surface area (Å²) in [5.74, 6) is -0.721. The summed E-state index contributed by atoms with van der Waals surface area (Å²) in [7, 11) is 1.50. The average molecular weight is 370 g/mol. The number of amides is 2. The van der Waals surface area contributed by atoms with Crippen LogP contribution in [0.3, 0.4) is 0 Å². The molecule has 2 amide bonds. The summed E-state index contributed by atoms with van der Waals surface area (Å²) in [5, 5.41) is 6.33. The van der Waals surface area contributed by atoms with E-state index in [2.05, 4.69) is 10.6 Å². The smallest absolute Gasteiger partial charge is 0.252 e. The van der Waals surface area contributed by atoms with Crippen molar-refractivity contribution in [1.82, 2.24) is 9.88 Å². The van der Waals surface area contributed by atoms with Crippen LogP contribution in [0, 0.1) is 0 Å². The van der Waals surface area contributed by atoms with Gasteiger partial charge in [-0.1, -0.05) is 35.9 Å². The molecule has 0 saturated heterocycles. The molecule has 26 heavy (non-hydrogen) atoms. The lowest BCUT2D eigenvalue weighted by atomic mass is 10.1. The Morgan fingerprint density at radius 2 is 1.85 bits per heavy atom. The SMILES string of the molecule is CNC(=O)c1cc(=O)n(CC(=O)Nc2cccc(Cl)c2)c2ccccc12. The lowest BCUT2D eigenvalue weighted by molar-refractivity contribution is -0.116. The van der Waals surface area contributed by atoms with E-state index in [0.717, 1.165) is 0 Å². The molecule has 2 aromatic carbocycles. The predicted octanol–water partition coefficient (Wildman–Crippen LogP) is 2.65. The van der Waals surface area contributed by atoms with E-state index in [1.54, 1.807) is 48.5 Å². The predicted molar refractivity (Wildman–Crippen MR) is 102 cm³/mol. The zero-order valence-electron chi connectivity index (χ0n) is 14.0. The first-order chi connectivity index (χ1) is 12.5. The van der Waals surface area contributed by atoms with Gasteiger partial charge in [-0.15, -0.1) is 0 Å². The molecular formula is C19H16ClN3O3. The van der Waals surface area contributed by atoms with Crippen LogP contribution < -0.4 is 16.2 Å². The number of nitrogens with zero attached hydrogens (tertiary/aromatic N) is 1. The fourth-order valence-corrected chi connectivity index (χ4v) is 2.92. The van der Waals surface area contributed by atoms with Crippen LogP contribution in [0.15, 0.2) is 59.4 Å². The highest BCUT2D eigenvalue weighted by atomic mass is 35.5. The van der Waals surface area contributed by atoms with Crippen molar-refractivity contribution in [3.63, 3.8) is 0 Å². The summed E-state index contributed by atoms with van der Waals surface area (Å²) in [4.78, 5) is 36.9. The summed E-state index contributed by atoms with van der Waals surface area (Å²) in [6.07, 6.45) is 0. The van der Waals surface area contributed by atoms with E-state index in [4.69, 9.17) is 11.6 Å². The van der Waals surface area contributed by atoms with Gasteiger partial charge in [-0.3, -0.25) is 19.0 Å². The van der Waals surface area contributed by atoms with E-state index in [1.165, 1.54) is 17.7 Å². The number of rotatable bonds is 4. The number of carbonyl (C=O) groups is 2. The molecule has 0 fully saturated rings. The summed E-state index contributed by atoms with van der Waals surface area (Å²) in [5.41, 5.74) is 0.907. The van der Waals surface area contributed by atoms with Crippen molar-refractivity contribution in [2.45, 2.75) is 6.54 Å². The maximum absolute atomic E-state index is 12.5. The van der Waals surface area contributed by atoms with E-state index in [-0.39, 0.29) is 23.9 Å². The molecule has 3 rings (SSSR count). The highest BCUT2D eigenvalue weighted by molar-refractivity contribution is 6.30. The van der Waals surface area contributed by atoms with E-state index in [1.807, 2.05) is 0 Å². The van der Waals surface area contributed by atoms with Gasteiger partial charge >= 0.3 is 0 Å². The lowest BCUT2D eigenvalue weighted by Gasteiger charge is -2.13. The molecule has 132 valence electrons. The molecule has 2 N–H and O–H groups in total.